The minimum absolute atomic E-state index is 0.0424. The molecular formula is C19H28N2O3. The summed E-state index contributed by atoms with van der Waals surface area (Å²) in [6.45, 7) is 6.17. The van der Waals surface area contributed by atoms with E-state index in [2.05, 4.69) is 17.1 Å². The van der Waals surface area contributed by atoms with E-state index < -0.39 is 0 Å². The maximum atomic E-state index is 12.2. The molecule has 1 amide bonds. The van der Waals surface area contributed by atoms with E-state index in [1.165, 1.54) is 12.8 Å². The van der Waals surface area contributed by atoms with E-state index in [1.807, 2.05) is 24.3 Å². The van der Waals surface area contributed by atoms with Crippen LogP contribution in [-0.2, 0) is 9.53 Å². The average Bonchev–Trinajstić information content (AvgIpc) is 3.09. The van der Waals surface area contributed by atoms with Gasteiger partial charge in [0.1, 0.15) is 12.4 Å². The molecule has 0 radical (unpaired) electrons. The summed E-state index contributed by atoms with van der Waals surface area (Å²) >= 11 is 0. The van der Waals surface area contributed by atoms with Crippen molar-refractivity contribution >= 4 is 11.6 Å². The van der Waals surface area contributed by atoms with Crippen LogP contribution in [0.5, 0.6) is 5.75 Å². The normalized spacial score (nSPS) is 22.5. The Labute approximate surface area is 144 Å². The Kier molecular flexibility index (Phi) is 6.10. The van der Waals surface area contributed by atoms with Gasteiger partial charge in [-0.2, -0.15) is 0 Å². The predicted molar refractivity (Wildman–Crippen MR) is 94.4 cm³/mol. The smallest absolute Gasteiger partial charge is 0.238 e. The number of likely N-dealkylation sites (tertiary alicyclic amines) is 1. The van der Waals surface area contributed by atoms with Crippen molar-refractivity contribution in [2.24, 2.45) is 5.92 Å². The minimum Gasteiger partial charge on any atom is -0.491 e. The Balaban J connectivity index is 1.45. The summed E-state index contributed by atoms with van der Waals surface area (Å²) < 4.78 is 11.3. The first kappa shape index (κ1) is 17.2. The number of nitrogens with one attached hydrogen (secondary N) is 1. The molecule has 5 nitrogen and oxygen atoms in total. The summed E-state index contributed by atoms with van der Waals surface area (Å²) in [6, 6.07) is 7.60. The second-order valence-electron chi connectivity index (χ2n) is 6.98. The maximum Gasteiger partial charge on any atom is 0.238 e. The van der Waals surface area contributed by atoms with Gasteiger partial charge in [0.05, 0.1) is 12.6 Å². The number of benzene rings is 1. The van der Waals surface area contributed by atoms with Crippen LogP contribution in [0.15, 0.2) is 24.3 Å². The molecule has 24 heavy (non-hydrogen) atoms. The van der Waals surface area contributed by atoms with Crippen molar-refractivity contribution in [1.29, 1.82) is 0 Å². The van der Waals surface area contributed by atoms with E-state index >= 15 is 0 Å². The maximum absolute atomic E-state index is 12.2. The third-order valence-corrected chi connectivity index (χ3v) is 4.82. The van der Waals surface area contributed by atoms with Gasteiger partial charge >= 0.3 is 0 Å². The molecule has 0 bridgehead atoms. The van der Waals surface area contributed by atoms with Gasteiger partial charge in [-0.15, -0.1) is 0 Å². The quantitative estimate of drug-likeness (QED) is 0.870. The van der Waals surface area contributed by atoms with Gasteiger partial charge in [-0.05, 0) is 56.8 Å². The van der Waals surface area contributed by atoms with Gasteiger partial charge in [0.15, 0.2) is 0 Å². The molecule has 0 aliphatic carbocycles. The van der Waals surface area contributed by atoms with Crippen molar-refractivity contribution < 1.29 is 14.3 Å². The highest BCUT2D eigenvalue weighted by Crippen LogP contribution is 2.20. The summed E-state index contributed by atoms with van der Waals surface area (Å²) in [5, 5.41) is 2.98. The molecule has 0 spiro atoms. The molecule has 1 unspecified atom stereocenters. The summed E-state index contributed by atoms with van der Waals surface area (Å²) in [5.41, 5.74) is 0.787. The number of hydrogen-bond acceptors (Lipinski definition) is 4. The second kappa shape index (κ2) is 8.49. The molecule has 1 aromatic carbocycles. The number of carbonyl (C=O) groups is 1. The fourth-order valence-electron chi connectivity index (χ4n) is 3.25. The molecule has 1 aromatic rings. The van der Waals surface area contributed by atoms with Crippen molar-refractivity contribution in [3.8, 4) is 5.75 Å². The number of nitrogens with zero attached hydrogens (tertiary/aromatic N) is 1. The summed E-state index contributed by atoms with van der Waals surface area (Å²) in [5.74, 6) is 1.60. The van der Waals surface area contributed by atoms with Crippen LogP contribution in [0.2, 0.25) is 0 Å². The van der Waals surface area contributed by atoms with Crippen molar-refractivity contribution in [3.05, 3.63) is 24.3 Å². The van der Waals surface area contributed by atoms with Gasteiger partial charge in [0.25, 0.3) is 0 Å². The van der Waals surface area contributed by atoms with E-state index in [1.54, 1.807) is 0 Å². The van der Waals surface area contributed by atoms with Crippen LogP contribution in [0, 0.1) is 5.92 Å². The van der Waals surface area contributed by atoms with Gasteiger partial charge in [0.2, 0.25) is 5.91 Å². The molecule has 0 saturated carbocycles. The van der Waals surface area contributed by atoms with Crippen LogP contribution >= 0.6 is 0 Å². The molecule has 1 N–H and O–H groups in total. The SMILES string of the molecule is CC1CCN(CC(=O)Nc2cccc(OCC3CCCO3)c2)CC1. The second-order valence-corrected chi connectivity index (χ2v) is 6.98. The first-order valence-corrected chi connectivity index (χ1v) is 9.06. The van der Waals surface area contributed by atoms with Crippen LogP contribution in [-0.4, -0.2) is 49.8 Å². The lowest BCUT2D eigenvalue weighted by atomic mass is 9.99. The van der Waals surface area contributed by atoms with Gasteiger partial charge < -0.3 is 14.8 Å². The van der Waals surface area contributed by atoms with Gasteiger partial charge in [-0.1, -0.05) is 13.0 Å². The van der Waals surface area contributed by atoms with Crippen LogP contribution in [0.25, 0.3) is 0 Å². The average molecular weight is 332 g/mol. The van der Waals surface area contributed by atoms with Gasteiger partial charge in [-0.3, -0.25) is 9.69 Å². The fourth-order valence-corrected chi connectivity index (χ4v) is 3.25. The number of ether oxygens (including phenoxy) is 2. The molecule has 2 aliphatic rings. The van der Waals surface area contributed by atoms with E-state index in [0.29, 0.717) is 13.2 Å². The molecule has 1 atom stereocenters. The number of amides is 1. The lowest BCUT2D eigenvalue weighted by Gasteiger charge is -2.29. The van der Waals surface area contributed by atoms with Gasteiger partial charge in [0, 0.05) is 18.4 Å². The highest BCUT2D eigenvalue weighted by Gasteiger charge is 2.18. The Bertz CT molecular complexity index is 535. The Morgan fingerprint density at radius 2 is 2.17 bits per heavy atom. The third kappa shape index (κ3) is 5.21. The van der Waals surface area contributed by atoms with E-state index in [0.717, 1.165) is 49.9 Å². The number of carbonyl (C=O) groups excluding carboxylic acids is 1. The lowest BCUT2D eigenvalue weighted by molar-refractivity contribution is -0.117. The molecule has 2 aliphatic heterocycles. The van der Waals surface area contributed by atoms with Crippen molar-refractivity contribution in [3.63, 3.8) is 0 Å². The topological polar surface area (TPSA) is 50.8 Å². The van der Waals surface area contributed by atoms with Crippen molar-refractivity contribution in [2.45, 2.75) is 38.7 Å². The highest BCUT2D eigenvalue weighted by molar-refractivity contribution is 5.92. The number of piperidine rings is 1. The van der Waals surface area contributed by atoms with Crippen molar-refractivity contribution in [2.75, 3.05) is 38.2 Å². The van der Waals surface area contributed by atoms with E-state index in [-0.39, 0.29) is 12.0 Å². The zero-order chi connectivity index (χ0) is 16.8. The largest absolute Gasteiger partial charge is 0.491 e. The fraction of sp³-hybridized carbons (Fsp3) is 0.632. The zero-order valence-electron chi connectivity index (χ0n) is 14.5. The molecule has 5 heteroatoms. The van der Waals surface area contributed by atoms with Gasteiger partial charge in [-0.25, -0.2) is 0 Å². The van der Waals surface area contributed by atoms with E-state index in [9.17, 15) is 4.79 Å². The predicted octanol–water partition coefficient (Wildman–Crippen LogP) is 2.91. The Morgan fingerprint density at radius 3 is 2.92 bits per heavy atom. The van der Waals surface area contributed by atoms with Crippen LogP contribution < -0.4 is 10.1 Å². The first-order chi connectivity index (χ1) is 11.7. The number of hydrogen-bond donors (Lipinski definition) is 1. The Morgan fingerprint density at radius 1 is 1.33 bits per heavy atom. The first-order valence-electron chi connectivity index (χ1n) is 9.06. The summed E-state index contributed by atoms with van der Waals surface area (Å²) in [6.07, 6.45) is 4.73. The standard InChI is InChI=1S/C19H28N2O3/c1-15-7-9-21(10-8-15)13-19(22)20-16-4-2-5-17(12-16)24-14-18-6-3-11-23-18/h2,4-5,12,15,18H,3,6-11,13-14H2,1H3,(H,20,22). The van der Waals surface area contributed by atoms with Crippen LogP contribution in [0.1, 0.15) is 32.6 Å². The summed E-state index contributed by atoms with van der Waals surface area (Å²) in [7, 11) is 0. The highest BCUT2D eigenvalue weighted by atomic mass is 16.5. The molecule has 2 fully saturated rings. The van der Waals surface area contributed by atoms with Crippen molar-refractivity contribution in [1.82, 2.24) is 4.90 Å². The van der Waals surface area contributed by atoms with Crippen LogP contribution in [0.3, 0.4) is 0 Å². The molecule has 2 heterocycles. The molecule has 3 rings (SSSR count). The molecular weight excluding hydrogens is 304 g/mol. The summed E-state index contributed by atoms with van der Waals surface area (Å²) in [4.78, 5) is 14.5. The number of rotatable bonds is 6. The zero-order valence-corrected chi connectivity index (χ0v) is 14.5. The Hall–Kier alpha value is -1.59. The van der Waals surface area contributed by atoms with Crippen LogP contribution in [0.4, 0.5) is 5.69 Å². The molecule has 2 saturated heterocycles. The van der Waals surface area contributed by atoms with E-state index in [4.69, 9.17) is 9.47 Å². The number of anilines is 1. The minimum atomic E-state index is 0.0424. The lowest BCUT2D eigenvalue weighted by Crippen LogP contribution is -2.38. The molecule has 132 valence electrons. The molecule has 0 aromatic heterocycles. The monoisotopic (exact) mass is 332 g/mol. The third-order valence-electron chi connectivity index (χ3n) is 4.82.